The molecule has 6 nitrogen and oxygen atoms in total. The number of urea groups is 1. The highest BCUT2D eigenvalue weighted by molar-refractivity contribution is 6.02. The summed E-state index contributed by atoms with van der Waals surface area (Å²) in [5.74, 6) is 0.122. The summed E-state index contributed by atoms with van der Waals surface area (Å²) in [6.07, 6.45) is 0.255. The van der Waals surface area contributed by atoms with Crippen molar-refractivity contribution in [3.05, 3.63) is 162 Å². The number of para-hydroxylation sites is 1. The van der Waals surface area contributed by atoms with Crippen LogP contribution in [0.3, 0.4) is 0 Å². The van der Waals surface area contributed by atoms with Crippen LogP contribution in [0.1, 0.15) is 33.2 Å². The summed E-state index contributed by atoms with van der Waals surface area (Å²) in [5, 5.41) is 8.64. The fraction of sp³-hybridized carbons (Fsp3) is 0.0857. The topological polar surface area (TPSA) is 79.5 Å². The summed E-state index contributed by atoms with van der Waals surface area (Å²) in [4.78, 5) is 26.2. The number of carbonyl (C=O) groups excluding carboxylic acids is 2. The zero-order valence-electron chi connectivity index (χ0n) is 22.5. The first-order valence-electron chi connectivity index (χ1n) is 13.5. The molecule has 3 amide bonds. The predicted octanol–water partition coefficient (Wildman–Crippen LogP) is 7.47. The first kappa shape index (κ1) is 27.2. The van der Waals surface area contributed by atoms with E-state index in [4.69, 9.17) is 4.74 Å². The number of amides is 3. The van der Waals surface area contributed by atoms with Crippen LogP contribution in [0.4, 0.5) is 16.2 Å². The van der Waals surface area contributed by atoms with Gasteiger partial charge >= 0.3 is 6.03 Å². The van der Waals surface area contributed by atoms with Crippen LogP contribution in [0.25, 0.3) is 0 Å². The number of benzene rings is 5. The third kappa shape index (κ3) is 7.61. The number of hydrogen-bond acceptors (Lipinski definition) is 3. The van der Waals surface area contributed by atoms with Gasteiger partial charge in [-0.15, -0.1) is 0 Å². The van der Waals surface area contributed by atoms with Crippen molar-refractivity contribution in [1.82, 2.24) is 5.32 Å². The summed E-state index contributed by atoms with van der Waals surface area (Å²) in [6.45, 7) is 0.454. The first-order valence-corrected chi connectivity index (χ1v) is 13.5. The third-order valence-electron chi connectivity index (χ3n) is 6.51. The molecule has 0 saturated carbocycles. The van der Waals surface area contributed by atoms with Gasteiger partial charge in [-0.3, -0.25) is 4.79 Å². The van der Waals surface area contributed by atoms with E-state index in [1.165, 1.54) is 0 Å². The normalized spacial score (nSPS) is 10.6. The van der Waals surface area contributed by atoms with Gasteiger partial charge in [-0.1, -0.05) is 109 Å². The number of hydrogen-bond donors (Lipinski definition) is 3. The monoisotopic (exact) mass is 541 g/mol. The van der Waals surface area contributed by atoms with E-state index in [9.17, 15) is 9.59 Å². The van der Waals surface area contributed by atoms with Crippen molar-refractivity contribution < 1.29 is 14.3 Å². The summed E-state index contributed by atoms with van der Waals surface area (Å²) in [7, 11) is 0. The number of nitrogens with one attached hydrogen (secondary N) is 3. The smallest absolute Gasteiger partial charge is 0.323 e. The molecule has 0 atom stereocenters. The Morgan fingerprint density at radius 3 is 1.76 bits per heavy atom. The third-order valence-corrected chi connectivity index (χ3v) is 6.51. The minimum Gasteiger partial charge on any atom is -0.480 e. The zero-order valence-corrected chi connectivity index (χ0v) is 22.5. The molecule has 6 heteroatoms. The molecule has 3 N–H and O–H groups in total. The Morgan fingerprint density at radius 2 is 1.15 bits per heavy atom. The van der Waals surface area contributed by atoms with Crippen LogP contribution in [0.5, 0.6) is 5.75 Å². The number of ether oxygens (including phenoxy) is 1. The fourth-order valence-corrected chi connectivity index (χ4v) is 4.47. The second kappa shape index (κ2) is 13.6. The molecule has 0 unspecified atom stereocenters. The van der Waals surface area contributed by atoms with Gasteiger partial charge < -0.3 is 20.7 Å². The van der Waals surface area contributed by atoms with E-state index >= 15 is 0 Å². The van der Waals surface area contributed by atoms with E-state index in [0.717, 1.165) is 16.7 Å². The Kier molecular flexibility index (Phi) is 9.04. The van der Waals surface area contributed by atoms with Gasteiger partial charge in [-0.2, -0.15) is 0 Å². The minimum absolute atomic E-state index is 0.289. The van der Waals surface area contributed by atoms with Crippen LogP contribution in [-0.4, -0.2) is 18.5 Å². The summed E-state index contributed by atoms with van der Waals surface area (Å²) < 4.78 is 6.57. The average molecular weight is 542 g/mol. The molecule has 0 aliphatic carbocycles. The largest absolute Gasteiger partial charge is 0.480 e. The van der Waals surface area contributed by atoms with E-state index in [-0.39, 0.29) is 5.91 Å². The second-order valence-electron chi connectivity index (χ2n) is 9.47. The standard InChI is InChI=1S/C35H31N3O3/c39-34(36-24-23-26-13-5-1-6-14-26)31-25-30(38-35(40)37-29-19-11-4-12-20-29)21-22-32(31)41-33(27-15-7-2-8-16-27)28-17-9-3-10-18-28/h1-22,25,33H,23-24H2,(H,36,39)(H2,37,38,40). The lowest BCUT2D eigenvalue weighted by molar-refractivity contribution is 0.0948. The Bertz CT molecular complexity index is 1520. The lowest BCUT2D eigenvalue weighted by Crippen LogP contribution is -2.27. The van der Waals surface area contributed by atoms with Gasteiger partial charge in [-0.05, 0) is 53.4 Å². The van der Waals surface area contributed by atoms with Gasteiger partial charge in [0.05, 0.1) is 5.56 Å². The molecule has 0 spiro atoms. The van der Waals surface area contributed by atoms with Crippen LogP contribution < -0.4 is 20.7 Å². The number of anilines is 2. The molecule has 0 radical (unpaired) electrons. The Hall–Kier alpha value is -5.36. The van der Waals surface area contributed by atoms with Crippen LogP contribution >= 0.6 is 0 Å². The predicted molar refractivity (Wildman–Crippen MR) is 163 cm³/mol. The van der Waals surface area contributed by atoms with Crippen LogP contribution in [0, 0.1) is 0 Å². The molecule has 41 heavy (non-hydrogen) atoms. The molecule has 0 fully saturated rings. The molecule has 5 aromatic carbocycles. The maximum absolute atomic E-state index is 13.5. The van der Waals surface area contributed by atoms with E-state index < -0.39 is 12.1 Å². The van der Waals surface area contributed by atoms with Crippen molar-refractivity contribution >= 4 is 23.3 Å². The van der Waals surface area contributed by atoms with Gasteiger partial charge in [0.15, 0.2) is 0 Å². The molecule has 0 saturated heterocycles. The molecule has 5 aromatic rings. The molecule has 0 aliphatic rings. The first-order chi connectivity index (χ1) is 20.2. The van der Waals surface area contributed by atoms with Gasteiger partial charge in [0, 0.05) is 17.9 Å². The maximum atomic E-state index is 13.5. The van der Waals surface area contributed by atoms with E-state index in [2.05, 4.69) is 16.0 Å². The van der Waals surface area contributed by atoms with Gasteiger partial charge in [0.25, 0.3) is 5.91 Å². The van der Waals surface area contributed by atoms with Crippen LogP contribution in [0.15, 0.2) is 140 Å². The second-order valence-corrected chi connectivity index (χ2v) is 9.47. The molecular formula is C35H31N3O3. The molecule has 0 aliphatic heterocycles. The lowest BCUT2D eigenvalue weighted by Gasteiger charge is -2.22. The Labute approximate surface area is 240 Å². The molecular weight excluding hydrogens is 510 g/mol. The summed E-state index contributed by atoms with van der Waals surface area (Å²) >= 11 is 0. The average Bonchev–Trinajstić information content (AvgIpc) is 3.02. The van der Waals surface area contributed by atoms with E-state index in [1.54, 1.807) is 30.3 Å². The Balaban J connectivity index is 1.41. The Morgan fingerprint density at radius 1 is 0.610 bits per heavy atom. The van der Waals surface area contributed by atoms with Crippen molar-refractivity contribution in [1.29, 1.82) is 0 Å². The number of rotatable bonds is 10. The number of carbonyl (C=O) groups is 2. The maximum Gasteiger partial charge on any atom is 0.323 e. The highest BCUT2D eigenvalue weighted by Gasteiger charge is 2.21. The van der Waals surface area contributed by atoms with Crippen LogP contribution in [0.2, 0.25) is 0 Å². The molecule has 5 rings (SSSR count). The minimum atomic E-state index is -0.437. The molecule has 204 valence electrons. The highest BCUT2D eigenvalue weighted by atomic mass is 16.5. The van der Waals surface area contributed by atoms with Crippen molar-refractivity contribution in [2.24, 2.45) is 0 Å². The lowest BCUT2D eigenvalue weighted by atomic mass is 10.0. The zero-order chi connectivity index (χ0) is 28.3. The summed E-state index contributed by atoms with van der Waals surface area (Å²) in [6, 6.07) is 43.6. The van der Waals surface area contributed by atoms with Crippen LogP contribution in [-0.2, 0) is 6.42 Å². The quantitative estimate of drug-likeness (QED) is 0.172. The molecule has 0 aromatic heterocycles. The van der Waals surface area contributed by atoms with Crippen molar-refractivity contribution in [2.45, 2.75) is 12.5 Å². The van der Waals surface area contributed by atoms with E-state index in [0.29, 0.717) is 35.7 Å². The fourth-order valence-electron chi connectivity index (χ4n) is 4.47. The van der Waals surface area contributed by atoms with E-state index in [1.807, 2.05) is 109 Å². The molecule has 0 bridgehead atoms. The van der Waals surface area contributed by atoms with Gasteiger partial charge in [0.2, 0.25) is 0 Å². The van der Waals surface area contributed by atoms with Crippen molar-refractivity contribution in [3.8, 4) is 5.75 Å². The van der Waals surface area contributed by atoms with Crippen molar-refractivity contribution in [2.75, 3.05) is 17.2 Å². The van der Waals surface area contributed by atoms with Gasteiger partial charge in [-0.25, -0.2) is 4.79 Å². The van der Waals surface area contributed by atoms with Gasteiger partial charge in [0.1, 0.15) is 11.9 Å². The SMILES string of the molecule is O=C(Nc1ccccc1)Nc1ccc(OC(c2ccccc2)c2ccccc2)c(C(=O)NCCc2ccccc2)c1. The molecule has 0 heterocycles. The highest BCUT2D eigenvalue weighted by Crippen LogP contribution is 2.32. The van der Waals surface area contributed by atoms with Crippen molar-refractivity contribution in [3.63, 3.8) is 0 Å². The summed E-state index contributed by atoms with van der Waals surface area (Å²) in [5.41, 5.74) is 4.50.